The smallest absolute Gasteiger partial charge is 0.123 e. The van der Waals surface area contributed by atoms with Gasteiger partial charge in [-0.25, -0.2) is 8.78 Å². The van der Waals surface area contributed by atoms with E-state index in [9.17, 15) is 8.78 Å². The average Bonchev–Trinajstić information content (AvgIpc) is 3.88. The highest BCUT2D eigenvalue weighted by Gasteiger charge is 2.42. The van der Waals surface area contributed by atoms with Crippen LogP contribution in [0.3, 0.4) is 0 Å². The molecule has 0 radical (unpaired) electrons. The predicted octanol–water partition coefficient (Wildman–Crippen LogP) is 15.7. The van der Waals surface area contributed by atoms with Gasteiger partial charge in [-0.2, -0.15) is 0 Å². The van der Waals surface area contributed by atoms with Gasteiger partial charge in [-0.3, -0.25) is 0 Å². The lowest BCUT2D eigenvalue weighted by Crippen LogP contribution is -2.32. The van der Waals surface area contributed by atoms with Crippen molar-refractivity contribution < 1.29 is 8.78 Å². The first kappa shape index (κ1) is 39.6. The molecular formula is C60H46F2N4. The van der Waals surface area contributed by atoms with Crippen molar-refractivity contribution in [2.75, 3.05) is 9.80 Å². The van der Waals surface area contributed by atoms with E-state index in [1.54, 1.807) is 6.08 Å². The molecule has 4 nitrogen and oxygen atoms in total. The van der Waals surface area contributed by atoms with E-state index in [0.717, 1.165) is 73.5 Å². The third-order valence-electron chi connectivity index (χ3n) is 13.7. The summed E-state index contributed by atoms with van der Waals surface area (Å²) in [6.07, 6.45) is 19.3. The summed E-state index contributed by atoms with van der Waals surface area (Å²) >= 11 is 0. The molecule has 1 aliphatic heterocycles. The number of halogens is 2. The fraction of sp³-hybridized carbons (Fsp3) is 0.100. The molecular weight excluding hydrogens is 815 g/mol. The maximum absolute atomic E-state index is 14.1. The molecule has 3 unspecified atom stereocenters. The zero-order valence-electron chi connectivity index (χ0n) is 36.3. The van der Waals surface area contributed by atoms with Gasteiger partial charge in [0.1, 0.15) is 11.6 Å². The van der Waals surface area contributed by atoms with E-state index >= 15 is 0 Å². The molecule has 66 heavy (non-hydrogen) atoms. The van der Waals surface area contributed by atoms with Crippen LogP contribution in [0.4, 0.5) is 37.2 Å². The van der Waals surface area contributed by atoms with Crippen LogP contribution < -0.4 is 9.80 Å². The van der Waals surface area contributed by atoms with Gasteiger partial charge in [-0.05, 0) is 145 Å². The summed E-state index contributed by atoms with van der Waals surface area (Å²) in [5.74, 6) is -0.0264. The van der Waals surface area contributed by atoms with Crippen LogP contribution in [-0.4, -0.2) is 21.6 Å². The van der Waals surface area contributed by atoms with Crippen LogP contribution in [0, 0.1) is 11.7 Å². The Morgan fingerprint density at radius 1 is 0.515 bits per heavy atom. The molecule has 2 heterocycles. The highest BCUT2D eigenvalue weighted by molar-refractivity contribution is 6.10. The summed E-state index contributed by atoms with van der Waals surface area (Å²) < 4.78 is 30.3. The first-order valence-electron chi connectivity index (χ1n) is 22.9. The van der Waals surface area contributed by atoms with E-state index < -0.39 is 0 Å². The van der Waals surface area contributed by atoms with Gasteiger partial charge in [-0.15, -0.1) is 0 Å². The van der Waals surface area contributed by atoms with Gasteiger partial charge < -0.3 is 19.3 Å². The molecule has 320 valence electrons. The molecule has 4 aliphatic rings. The van der Waals surface area contributed by atoms with Crippen LogP contribution in [0.5, 0.6) is 0 Å². The predicted molar refractivity (Wildman–Crippen MR) is 268 cm³/mol. The molecule has 0 spiro atoms. The Bertz CT molecular complexity index is 3300. The van der Waals surface area contributed by atoms with Crippen molar-refractivity contribution in [1.29, 1.82) is 0 Å². The highest BCUT2D eigenvalue weighted by atomic mass is 19.1. The Hall–Kier alpha value is -7.96. The first-order valence-corrected chi connectivity index (χ1v) is 22.9. The number of fused-ring (bicyclic) bond motifs is 5. The third kappa shape index (κ3) is 6.97. The normalized spacial score (nSPS) is 18.6. The van der Waals surface area contributed by atoms with Gasteiger partial charge in [0.15, 0.2) is 0 Å². The number of aromatic nitrogens is 1. The minimum atomic E-state index is -0.251. The molecule has 0 saturated heterocycles. The Kier molecular flexibility index (Phi) is 9.93. The van der Waals surface area contributed by atoms with E-state index in [1.807, 2.05) is 24.3 Å². The number of benzene rings is 7. The van der Waals surface area contributed by atoms with Crippen molar-refractivity contribution in [2.45, 2.75) is 31.3 Å². The summed E-state index contributed by atoms with van der Waals surface area (Å²) in [6.45, 7) is 0. The molecule has 0 amide bonds. The van der Waals surface area contributed by atoms with E-state index in [4.69, 9.17) is 0 Å². The van der Waals surface area contributed by atoms with Crippen molar-refractivity contribution in [1.82, 2.24) is 9.47 Å². The Labute approximate surface area is 384 Å². The second-order valence-corrected chi connectivity index (χ2v) is 17.5. The second-order valence-electron chi connectivity index (χ2n) is 17.5. The molecule has 6 heteroatoms. The van der Waals surface area contributed by atoms with Crippen LogP contribution >= 0.6 is 0 Å². The number of nitrogens with zero attached hydrogens (tertiary/aromatic N) is 4. The number of allylic oxidation sites excluding steroid dienone is 7. The van der Waals surface area contributed by atoms with Crippen molar-refractivity contribution in [2.24, 2.45) is 5.92 Å². The molecule has 8 aromatic rings. The van der Waals surface area contributed by atoms with E-state index in [2.05, 4.69) is 201 Å². The van der Waals surface area contributed by atoms with Crippen molar-refractivity contribution >= 4 is 50.2 Å². The Morgan fingerprint density at radius 3 is 1.86 bits per heavy atom. The van der Waals surface area contributed by atoms with Crippen molar-refractivity contribution in [3.8, 4) is 16.8 Å². The quantitative estimate of drug-likeness (QED) is 0.144. The van der Waals surface area contributed by atoms with E-state index in [-0.39, 0.29) is 29.6 Å². The SMILES string of the molecule is FC1=CC=C(N2C3=C(CC(N(c4ccccc4)c4ccc(-c5ccc(N(c6ccccc6)c6ccc7c(c6)c6ccccc6n7-c6ccc(F)cc6)cc5)cc4)C=C3)C3C=CC=CC32)CC1. The van der Waals surface area contributed by atoms with Gasteiger partial charge in [0.2, 0.25) is 0 Å². The maximum atomic E-state index is 14.1. The van der Waals surface area contributed by atoms with Gasteiger partial charge in [0.25, 0.3) is 0 Å². The van der Waals surface area contributed by atoms with Crippen molar-refractivity contribution in [3.05, 3.63) is 253 Å². The Morgan fingerprint density at radius 2 is 1.14 bits per heavy atom. The number of hydrogen-bond donors (Lipinski definition) is 0. The van der Waals surface area contributed by atoms with Crippen LogP contribution in [-0.2, 0) is 0 Å². The van der Waals surface area contributed by atoms with Gasteiger partial charge >= 0.3 is 0 Å². The third-order valence-corrected chi connectivity index (χ3v) is 13.7. The molecule has 0 bridgehead atoms. The minimum absolute atomic E-state index is 0.0466. The molecule has 0 saturated carbocycles. The summed E-state index contributed by atoms with van der Waals surface area (Å²) in [4.78, 5) is 7.23. The van der Waals surface area contributed by atoms with Crippen LogP contribution in [0.1, 0.15) is 19.3 Å². The minimum Gasteiger partial charge on any atom is -0.337 e. The fourth-order valence-corrected chi connectivity index (χ4v) is 10.6. The molecule has 0 fully saturated rings. The average molecular weight is 861 g/mol. The number of anilines is 5. The monoisotopic (exact) mass is 860 g/mol. The first-order chi connectivity index (χ1) is 32.6. The summed E-state index contributed by atoms with van der Waals surface area (Å²) in [6, 6.07) is 61.1. The van der Waals surface area contributed by atoms with Gasteiger partial charge in [0, 0.05) is 68.6 Å². The summed E-state index contributed by atoms with van der Waals surface area (Å²) in [7, 11) is 0. The van der Waals surface area contributed by atoms with Gasteiger partial charge in [-0.1, -0.05) is 109 Å². The van der Waals surface area contributed by atoms with Crippen molar-refractivity contribution in [3.63, 3.8) is 0 Å². The largest absolute Gasteiger partial charge is 0.337 e. The number of rotatable bonds is 9. The zero-order valence-corrected chi connectivity index (χ0v) is 36.3. The molecule has 1 aromatic heterocycles. The molecule has 3 aliphatic carbocycles. The molecule has 7 aromatic carbocycles. The fourth-order valence-electron chi connectivity index (χ4n) is 10.6. The lowest BCUT2D eigenvalue weighted by atomic mass is 9.85. The van der Waals surface area contributed by atoms with Crippen LogP contribution in [0.25, 0.3) is 38.6 Å². The second kappa shape index (κ2) is 16.5. The van der Waals surface area contributed by atoms with E-state index in [1.165, 1.54) is 29.1 Å². The summed E-state index contributed by atoms with van der Waals surface area (Å²) in [5, 5.41) is 2.26. The number of hydrogen-bond acceptors (Lipinski definition) is 3. The molecule has 0 N–H and O–H groups in total. The highest BCUT2D eigenvalue weighted by Crippen LogP contribution is 2.48. The zero-order chi connectivity index (χ0) is 44.1. The van der Waals surface area contributed by atoms with Gasteiger partial charge in [0.05, 0.1) is 23.1 Å². The number of para-hydroxylation sites is 3. The maximum Gasteiger partial charge on any atom is 0.123 e. The Balaban J connectivity index is 0.855. The van der Waals surface area contributed by atoms with Crippen LogP contribution in [0.2, 0.25) is 0 Å². The van der Waals surface area contributed by atoms with Crippen LogP contribution in [0.15, 0.2) is 247 Å². The van der Waals surface area contributed by atoms with E-state index in [0.29, 0.717) is 12.8 Å². The standard InChI is InChI=1S/C60H46F2N4/c61-43-23-31-49(32-24-43)65-57-17-9-7-15-53(57)55-39-51(35-37-59(55)65)63(45-11-3-1-4-12-45)47-27-19-41(20-28-47)42-21-29-48(30-22-42)64(46-13-5-2-6-14-46)52-36-38-60-56(40-52)54-16-8-10-18-58(54)66(60)50-33-25-44(62)26-34-50/h1-25,27-33,35-39,52,54,58H,26,34,40H2. The lowest BCUT2D eigenvalue weighted by Gasteiger charge is -2.35. The summed E-state index contributed by atoms with van der Waals surface area (Å²) in [5.41, 5.74) is 14.6. The molecule has 12 rings (SSSR count). The topological polar surface area (TPSA) is 14.7 Å². The molecule has 3 atom stereocenters. The lowest BCUT2D eigenvalue weighted by molar-refractivity contribution is 0.354.